The molecule has 0 saturated carbocycles. The molecule has 11 nitrogen and oxygen atoms in total. The largest absolute Gasteiger partial charge is 0.870 e. The predicted octanol–water partition coefficient (Wildman–Crippen LogP) is 25.7. The monoisotopic (exact) mass is 2080 g/mol. The highest BCUT2D eigenvalue weighted by atomic mass is 32.2. The average Bonchev–Trinajstić information content (AvgIpc) is 1.03. The van der Waals surface area contributed by atoms with E-state index < -0.39 is 87.2 Å². The summed E-state index contributed by atoms with van der Waals surface area (Å²) in [6, 6.07) is 178. The van der Waals surface area contributed by atoms with Crippen molar-refractivity contribution >= 4 is 84.3 Å². The molecule has 0 atom stereocenters. The van der Waals surface area contributed by atoms with Gasteiger partial charge in [-0.15, -0.1) is 0 Å². The standard InChI is InChI=1S/2C18H14FS.3C18H15S.C7H2F4O3.2C7H5FO2.2C7H6O2/c2*19-15-11-13-18(14-12-15)20(16-7-3-1-4-8-16)17-9-5-2-6-10-17;3*1-4-10-16(11-5-1)19(17-12-6-2-7-13-17)18-14-8-3-9-15-18;8-2-1(7(13)14)6(12)5(11)4(10)3(2)9;2*8-6-4-2-1-3-5(6)7(9)10;2*8-7(9)6-4-2-1-3-5-6/h2*1-14H;3*1-15H;12H,(H,13,14);2*1-4H,(H,9,10);2*1-5H,(H,8,9)/q5*+1;;;;;/p-5. The lowest BCUT2D eigenvalue weighted by Gasteiger charge is -2.13. The number of hydrogen-bond acceptors (Lipinski definition) is 10. The maximum Gasteiger partial charge on any atom is 0.338 e. The highest BCUT2D eigenvalue weighted by molar-refractivity contribution is 7.98. The fraction of sp³-hybridized carbons (Fsp3) is 0. The van der Waals surface area contributed by atoms with Crippen LogP contribution in [0.2, 0.25) is 0 Å². The summed E-state index contributed by atoms with van der Waals surface area (Å²) >= 11 is 0. The summed E-state index contributed by atoms with van der Waals surface area (Å²) in [4.78, 5) is 70.0. The molecule has 20 aromatic rings. The van der Waals surface area contributed by atoms with Gasteiger partial charge in [0.25, 0.3) is 0 Å². The van der Waals surface area contributed by atoms with Gasteiger partial charge in [-0.05, 0) is 230 Å². The SMILES string of the molecule is Fc1ccc([S+](c2ccccc2)c2ccccc2)cc1.Fc1ccc([S+](c2ccccc2)c2ccccc2)cc1.O=C(O)c1c([O-])c(F)c(F)c(F)c1F.O=C([O-])c1ccccc1.O=C([O-])c1ccccc1.O=C([O-])c1ccccc1F.O=C([O-])c1ccccc1F.c1ccc([S+](c2ccccc2)c2ccccc2)cc1.c1ccc([S+](c2ccccc2)c2ccccc2)cc1.c1ccc([S+](c2ccccc2)c2ccccc2)cc1. The molecule has 0 amide bonds. The van der Waals surface area contributed by atoms with Crippen LogP contribution in [-0.2, 0) is 54.5 Å². The number of rotatable bonds is 20. The number of aromatic carboxylic acids is 5. The Balaban J connectivity index is 0.000000159. The van der Waals surface area contributed by atoms with Crippen LogP contribution in [0.4, 0.5) is 35.1 Å². The quantitative estimate of drug-likeness (QED) is 0.0327. The zero-order valence-corrected chi connectivity index (χ0v) is 83.2. The predicted molar refractivity (Wildman–Crippen MR) is 563 cm³/mol. The minimum atomic E-state index is -2.32. The van der Waals surface area contributed by atoms with E-state index >= 15 is 0 Å². The Morgan fingerprint density at radius 2 is 0.322 bits per heavy atom. The lowest BCUT2D eigenvalue weighted by molar-refractivity contribution is -0.274. The van der Waals surface area contributed by atoms with Crippen LogP contribution in [0.3, 0.4) is 0 Å². The first-order chi connectivity index (χ1) is 72.4. The molecule has 0 radical (unpaired) electrons. The fourth-order valence-corrected chi connectivity index (χ4v) is 24.1. The van der Waals surface area contributed by atoms with Gasteiger partial charge in [0.1, 0.15) is 23.3 Å². The van der Waals surface area contributed by atoms with Crippen molar-refractivity contribution in [2.24, 2.45) is 0 Å². The summed E-state index contributed by atoms with van der Waals surface area (Å²) in [5.41, 5.74) is -2.11. The molecule has 0 spiro atoms. The zero-order chi connectivity index (χ0) is 106. The lowest BCUT2D eigenvalue weighted by Crippen LogP contribution is -2.23. The van der Waals surface area contributed by atoms with Crippen LogP contribution in [0.1, 0.15) is 51.8 Å². The molecule has 0 bridgehead atoms. The minimum absolute atomic E-state index is 0.0146. The minimum Gasteiger partial charge on any atom is -0.870 e. The van der Waals surface area contributed by atoms with E-state index in [1.165, 1.54) is 136 Å². The molecule has 20 aromatic carbocycles. The van der Waals surface area contributed by atoms with Gasteiger partial charge in [0.15, 0.2) is 96.7 Å². The van der Waals surface area contributed by atoms with Crippen LogP contribution < -0.4 is 25.5 Å². The van der Waals surface area contributed by atoms with Crippen molar-refractivity contribution in [2.45, 2.75) is 73.4 Å². The van der Waals surface area contributed by atoms with Gasteiger partial charge in [-0.2, -0.15) is 0 Å². The normalized spacial score (nSPS) is 10.2. The van der Waals surface area contributed by atoms with Crippen LogP contribution in [0, 0.1) is 46.5 Å². The van der Waals surface area contributed by atoms with Crippen molar-refractivity contribution in [1.82, 2.24) is 0 Å². The molecule has 0 unspecified atom stereocenters. The summed E-state index contributed by atoms with van der Waals surface area (Å²) in [6.45, 7) is 0. The van der Waals surface area contributed by atoms with Crippen molar-refractivity contribution in [3.8, 4) is 5.75 Å². The molecular weight excluding hydrogens is 1990 g/mol. The van der Waals surface area contributed by atoms with Gasteiger partial charge in [-0.1, -0.05) is 339 Å². The van der Waals surface area contributed by atoms with E-state index in [1.54, 1.807) is 36.4 Å². The Morgan fingerprint density at radius 1 is 0.174 bits per heavy atom. The number of carboxylic acid groups (broad SMARTS) is 5. The zero-order valence-electron chi connectivity index (χ0n) is 79.1. The van der Waals surface area contributed by atoms with Gasteiger partial charge in [-0.25, -0.2) is 39.9 Å². The molecule has 0 fully saturated rings. The molecule has 0 aliphatic carbocycles. The van der Waals surface area contributed by atoms with Crippen molar-refractivity contribution in [2.75, 3.05) is 0 Å². The molecule has 0 heterocycles. The first kappa shape index (κ1) is 112. The molecule has 20 rings (SSSR count). The molecule has 744 valence electrons. The molecule has 1 N–H and O–H groups in total. The second kappa shape index (κ2) is 60.5. The Labute approximate surface area is 873 Å². The van der Waals surface area contributed by atoms with Gasteiger partial charge in [0.05, 0.1) is 83.9 Å². The van der Waals surface area contributed by atoms with Gasteiger partial charge < -0.3 is 49.8 Å². The topological polar surface area (TPSA) is 221 Å². The molecule has 149 heavy (non-hydrogen) atoms. The molecule has 24 heteroatoms. The van der Waals surface area contributed by atoms with Gasteiger partial charge >= 0.3 is 5.97 Å². The Kier molecular flexibility index (Phi) is 45.5. The number of hydrogen-bond donors (Lipinski definition) is 1. The Morgan fingerprint density at radius 3 is 0.463 bits per heavy atom. The third-order valence-corrected chi connectivity index (χ3v) is 31.6. The smallest absolute Gasteiger partial charge is 0.338 e. The molecular formula is C125H92F8O11S5. The van der Waals surface area contributed by atoms with Gasteiger partial charge in [0.2, 0.25) is 0 Å². The Bertz CT molecular complexity index is 6530. The van der Waals surface area contributed by atoms with Crippen LogP contribution in [0.15, 0.2) is 625 Å². The van der Waals surface area contributed by atoms with Crippen molar-refractivity contribution in [3.05, 3.63) is 626 Å². The van der Waals surface area contributed by atoms with E-state index in [1.807, 2.05) is 97.1 Å². The second-order valence-corrected chi connectivity index (χ2v) is 40.7. The van der Waals surface area contributed by atoms with Crippen molar-refractivity contribution in [3.63, 3.8) is 0 Å². The second-order valence-electron chi connectivity index (χ2n) is 30.6. The van der Waals surface area contributed by atoms with E-state index in [2.05, 4.69) is 322 Å². The third-order valence-electron chi connectivity index (χ3n) is 20.5. The van der Waals surface area contributed by atoms with Crippen LogP contribution in [0.25, 0.3) is 0 Å². The number of carboxylic acids is 5. The van der Waals surface area contributed by atoms with E-state index in [0.29, 0.717) is 0 Å². The summed E-state index contributed by atoms with van der Waals surface area (Å²) in [6.07, 6.45) is 0. The lowest BCUT2D eigenvalue weighted by atomic mass is 10.1. The molecule has 0 saturated heterocycles. The van der Waals surface area contributed by atoms with Gasteiger partial charge in [-0.3, -0.25) is 0 Å². The fourth-order valence-electron chi connectivity index (χ4n) is 13.6. The average molecular weight is 2080 g/mol. The number of carbonyl (C=O) groups is 5. The van der Waals surface area contributed by atoms with Gasteiger partial charge in [0, 0.05) is 11.1 Å². The molecule has 0 aliphatic rings. The Hall–Kier alpha value is -17.3. The van der Waals surface area contributed by atoms with E-state index in [9.17, 15) is 84.6 Å². The van der Waals surface area contributed by atoms with Crippen LogP contribution in [-0.4, -0.2) is 35.0 Å². The molecule has 0 aliphatic heterocycles. The van der Waals surface area contributed by atoms with E-state index in [4.69, 9.17) is 5.11 Å². The van der Waals surface area contributed by atoms with E-state index in [0.717, 1.165) is 34.1 Å². The highest BCUT2D eigenvalue weighted by Crippen LogP contribution is 2.37. The van der Waals surface area contributed by atoms with E-state index in [-0.39, 0.29) is 77.2 Å². The summed E-state index contributed by atoms with van der Waals surface area (Å²) in [7, 11) is -0.423. The summed E-state index contributed by atoms with van der Waals surface area (Å²) < 4.78 is 101. The number of halogens is 8. The first-order valence-corrected chi connectivity index (χ1v) is 51.7. The highest BCUT2D eigenvalue weighted by Gasteiger charge is 2.34. The first-order valence-electron chi connectivity index (χ1n) is 45.5. The molecule has 0 aromatic heterocycles. The maximum atomic E-state index is 13.2. The van der Waals surface area contributed by atoms with Crippen LogP contribution in [0.5, 0.6) is 5.75 Å². The van der Waals surface area contributed by atoms with Crippen molar-refractivity contribution < 1.29 is 89.7 Å². The summed E-state index contributed by atoms with van der Waals surface area (Å²) in [5.74, 6) is -20.4. The third kappa shape index (κ3) is 35.0. The summed E-state index contributed by atoms with van der Waals surface area (Å²) in [5, 5.41) is 59.1. The van der Waals surface area contributed by atoms with Crippen molar-refractivity contribution in [1.29, 1.82) is 0 Å². The number of carbonyl (C=O) groups excluding carboxylic acids is 4. The maximum absolute atomic E-state index is 13.2. The van der Waals surface area contributed by atoms with Crippen LogP contribution >= 0.6 is 0 Å². The number of benzene rings is 20.